The van der Waals surface area contributed by atoms with Crippen LogP contribution in [0.2, 0.25) is 0 Å². The highest BCUT2D eigenvalue weighted by Crippen LogP contribution is 2.37. The topological polar surface area (TPSA) is 52.6 Å². The van der Waals surface area contributed by atoms with Crippen LogP contribution in [-0.4, -0.2) is 25.8 Å². The van der Waals surface area contributed by atoms with E-state index in [1.54, 1.807) is 24.3 Å². The smallest absolute Gasteiger partial charge is 0.197 e. The van der Waals surface area contributed by atoms with E-state index >= 15 is 0 Å². The van der Waals surface area contributed by atoms with Gasteiger partial charge in [-0.05, 0) is 61.0 Å². The van der Waals surface area contributed by atoms with E-state index in [0.717, 1.165) is 11.1 Å². The summed E-state index contributed by atoms with van der Waals surface area (Å²) in [6, 6.07) is 22.0. The first-order valence-corrected chi connectivity index (χ1v) is 10.3. The van der Waals surface area contributed by atoms with Gasteiger partial charge in [-0.25, -0.2) is 0 Å². The van der Waals surface area contributed by atoms with E-state index in [1.807, 2.05) is 62.4 Å². The Kier molecular flexibility index (Phi) is 5.78. The monoisotopic (exact) mass is 424 g/mol. The number of benzene rings is 4. The lowest BCUT2D eigenvalue weighted by Gasteiger charge is -2.16. The number of hydrogen-bond acceptors (Lipinski definition) is 4. The molecule has 0 unspecified atom stereocenters. The van der Waals surface area contributed by atoms with Crippen molar-refractivity contribution >= 4 is 22.3 Å². The van der Waals surface area contributed by atoms with Crippen LogP contribution in [0.4, 0.5) is 0 Å². The molecule has 0 aliphatic heterocycles. The Morgan fingerprint density at radius 1 is 0.594 bits per heavy atom. The van der Waals surface area contributed by atoms with E-state index < -0.39 is 0 Å². The van der Waals surface area contributed by atoms with Crippen molar-refractivity contribution in [1.29, 1.82) is 0 Å². The molecule has 4 heteroatoms. The van der Waals surface area contributed by atoms with Crippen LogP contribution >= 0.6 is 0 Å². The number of ether oxygens (including phenoxy) is 2. The molecule has 0 bridgehead atoms. The molecule has 0 atom stereocenters. The zero-order valence-electron chi connectivity index (χ0n) is 18.6. The van der Waals surface area contributed by atoms with Gasteiger partial charge in [0.25, 0.3) is 0 Å². The highest BCUT2D eigenvalue weighted by atomic mass is 16.5. The third-order valence-corrected chi connectivity index (χ3v) is 5.58. The number of ketones is 2. The number of carbonyl (C=O) groups excluding carboxylic acids is 2. The minimum Gasteiger partial charge on any atom is -0.496 e. The van der Waals surface area contributed by atoms with Crippen molar-refractivity contribution in [2.24, 2.45) is 0 Å². The Morgan fingerprint density at radius 2 is 1.00 bits per heavy atom. The van der Waals surface area contributed by atoms with Crippen LogP contribution in [-0.2, 0) is 0 Å². The van der Waals surface area contributed by atoms with Gasteiger partial charge < -0.3 is 9.47 Å². The van der Waals surface area contributed by atoms with Crippen molar-refractivity contribution in [3.8, 4) is 11.5 Å². The van der Waals surface area contributed by atoms with E-state index in [4.69, 9.17) is 9.47 Å². The summed E-state index contributed by atoms with van der Waals surface area (Å²) in [6.07, 6.45) is 0. The molecule has 32 heavy (non-hydrogen) atoms. The van der Waals surface area contributed by atoms with Crippen molar-refractivity contribution in [3.05, 3.63) is 106 Å². The van der Waals surface area contributed by atoms with E-state index in [9.17, 15) is 9.59 Å². The van der Waals surface area contributed by atoms with Crippen LogP contribution in [0.5, 0.6) is 11.5 Å². The van der Waals surface area contributed by atoms with Gasteiger partial charge in [-0.1, -0.05) is 47.5 Å². The zero-order chi connectivity index (χ0) is 22.8. The fourth-order valence-corrected chi connectivity index (χ4v) is 4.04. The van der Waals surface area contributed by atoms with Gasteiger partial charge in [0.05, 0.1) is 25.3 Å². The average Bonchev–Trinajstić information content (AvgIpc) is 2.81. The molecule has 4 nitrogen and oxygen atoms in total. The minimum atomic E-state index is -0.157. The predicted octanol–water partition coefficient (Wildman–Crippen LogP) is 5.94. The van der Waals surface area contributed by atoms with Crippen LogP contribution in [0.3, 0.4) is 0 Å². The van der Waals surface area contributed by atoms with E-state index in [0.29, 0.717) is 44.5 Å². The quantitative estimate of drug-likeness (QED) is 0.360. The number of hydrogen-bond donors (Lipinski definition) is 0. The molecule has 0 spiro atoms. The molecule has 0 amide bonds. The van der Waals surface area contributed by atoms with Gasteiger partial charge in [-0.15, -0.1) is 0 Å². The normalized spacial score (nSPS) is 10.8. The number of methoxy groups -OCH3 is 2. The molecule has 0 aromatic heterocycles. The van der Waals surface area contributed by atoms with Gasteiger partial charge in [0, 0.05) is 11.1 Å². The molecule has 4 rings (SSSR count). The van der Waals surface area contributed by atoms with Crippen LogP contribution in [0.25, 0.3) is 10.8 Å². The van der Waals surface area contributed by atoms with Crippen LogP contribution in [0, 0.1) is 13.8 Å². The summed E-state index contributed by atoms with van der Waals surface area (Å²) in [5, 5.41) is 1.29. The van der Waals surface area contributed by atoms with Gasteiger partial charge in [0.1, 0.15) is 11.5 Å². The van der Waals surface area contributed by atoms with Gasteiger partial charge in [-0.2, -0.15) is 0 Å². The molecule has 0 radical (unpaired) electrons. The predicted molar refractivity (Wildman–Crippen MR) is 126 cm³/mol. The molecule has 0 aliphatic carbocycles. The second-order valence-electron chi connectivity index (χ2n) is 7.78. The molecule has 0 heterocycles. The summed E-state index contributed by atoms with van der Waals surface area (Å²) in [6.45, 7) is 3.89. The first-order chi connectivity index (χ1) is 15.4. The average molecular weight is 424 g/mol. The van der Waals surface area contributed by atoms with Crippen molar-refractivity contribution in [1.82, 2.24) is 0 Å². The Labute approximate surface area is 187 Å². The Hall–Kier alpha value is -3.92. The van der Waals surface area contributed by atoms with Crippen LogP contribution in [0.1, 0.15) is 43.0 Å². The van der Waals surface area contributed by atoms with Crippen molar-refractivity contribution < 1.29 is 19.1 Å². The number of carbonyl (C=O) groups is 2. The highest BCUT2D eigenvalue weighted by Gasteiger charge is 2.24. The summed E-state index contributed by atoms with van der Waals surface area (Å²) < 4.78 is 11.1. The second kappa shape index (κ2) is 8.67. The molecule has 0 saturated carbocycles. The first-order valence-electron chi connectivity index (χ1n) is 10.3. The number of rotatable bonds is 6. The zero-order valence-corrected chi connectivity index (χ0v) is 18.6. The Balaban J connectivity index is 1.99. The Bertz CT molecular complexity index is 1250. The second-order valence-corrected chi connectivity index (χ2v) is 7.78. The highest BCUT2D eigenvalue weighted by molar-refractivity contribution is 6.24. The number of aryl methyl sites for hydroxylation is 2. The SMILES string of the molecule is COc1ccc2c(C(=O)c3cccc(C)c3)c(OC)ccc2c1C(=O)c1cccc(C)c1. The molecular weight excluding hydrogens is 400 g/mol. The lowest BCUT2D eigenvalue weighted by Crippen LogP contribution is -2.09. The van der Waals surface area contributed by atoms with Crippen LogP contribution in [0.15, 0.2) is 72.8 Å². The summed E-state index contributed by atoms with van der Waals surface area (Å²) >= 11 is 0. The van der Waals surface area contributed by atoms with Crippen LogP contribution < -0.4 is 9.47 Å². The molecule has 4 aromatic rings. The van der Waals surface area contributed by atoms with E-state index in [2.05, 4.69) is 0 Å². The van der Waals surface area contributed by atoms with Crippen molar-refractivity contribution in [2.75, 3.05) is 14.2 Å². The fourth-order valence-electron chi connectivity index (χ4n) is 4.04. The summed E-state index contributed by atoms with van der Waals surface area (Å²) in [4.78, 5) is 27.1. The molecule has 0 aliphatic rings. The largest absolute Gasteiger partial charge is 0.496 e. The maximum Gasteiger partial charge on any atom is 0.197 e. The molecular formula is C28H24O4. The van der Waals surface area contributed by atoms with E-state index in [1.165, 1.54) is 14.2 Å². The van der Waals surface area contributed by atoms with Crippen molar-refractivity contribution in [3.63, 3.8) is 0 Å². The van der Waals surface area contributed by atoms with Gasteiger partial charge in [0.15, 0.2) is 11.6 Å². The molecule has 0 N–H and O–H groups in total. The maximum atomic E-state index is 13.5. The fraction of sp³-hybridized carbons (Fsp3) is 0.143. The molecule has 0 saturated heterocycles. The summed E-state index contributed by atoms with van der Waals surface area (Å²) in [5.41, 5.74) is 3.98. The Morgan fingerprint density at radius 3 is 1.34 bits per heavy atom. The molecule has 0 fully saturated rings. The molecule has 160 valence electrons. The lowest BCUT2D eigenvalue weighted by atomic mass is 9.90. The summed E-state index contributed by atoms with van der Waals surface area (Å²) in [5.74, 6) is 0.608. The first kappa shape index (κ1) is 21.3. The third-order valence-electron chi connectivity index (χ3n) is 5.58. The minimum absolute atomic E-state index is 0.157. The lowest BCUT2D eigenvalue weighted by molar-refractivity contribution is 0.102. The van der Waals surface area contributed by atoms with E-state index in [-0.39, 0.29) is 11.6 Å². The third kappa shape index (κ3) is 3.76. The van der Waals surface area contributed by atoms with Gasteiger partial charge >= 0.3 is 0 Å². The maximum absolute atomic E-state index is 13.5. The van der Waals surface area contributed by atoms with Gasteiger partial charge in [-0.3, -0.25) is 9.59 Å². The molecule has 4 aromatic carbocycles. The standard InChI is InChI=1S/C28H24O4/c1-17-7-5-9-19(15-17)27(29)25-21-11-14-24(32-4)26(22(21)12-13-23(25)31-3)28(30)20-10-6-8-18(2)16-20/h5-16H,1-4H3. The number of fused-ring (bicyclic) bond motifs is 1. The van der Waals surface area contributed by atoms with Gasteiger partial charge in [0.2, 0.25) is 0 Å². The van der Waals surface area contributed by atoms with Crippen molar-refractivity contribution in [2.45, 2.75) is 13.8 Å². The summed E-state index contributed by atoms with van der Waals surface area (Å²) in [7, 11) is 3.08.